The molecule has 0 bridgehead atoms. The maximum absolute atomic E-state index is 12.9. The molecule has 1 fully saturated rings. The first-order valence-electron chi connectivity index (χ1n) is 9.93. The molecule has 1 saturated heterocycles. The highest BCUT2D eigenvalue weighted by Gasteiger charge is 2.36. The summed E-state index contributed by atoms with van der Waals surface area (Å²) in [6.45, 7) is 0.177. The second-order valence-electron chi connectivity index (χ2n) is 7.09. The largest absolute Gasteiger partial charge is 0.493 e. The summed E-state index contributed by atoms with van der Waals surface area (Å²) in [6, 6.07) is 19.4. The Morgan fingerprint density at radius 2 is 1.94 bits per heavy atom. The molecule has 0 unspecified atom stereocenters. The van der Waals surface area contributed by atoms with E-state index in [1.54, 1.807) is 54.6 Å². The molecule has 1 aliphatic rings. The zero-order valence-corrected chi connectivity index (χ0v) is 20.9. The van der Waals surface area contributed by atoms with Crippen molar-refractivity contribution in [1.29, 1.82) is 5.26 Å². The second-order valence-corrected chi connectivity index (χ2v) is 9.37. The van der Waals surface area contributed by atoms with Gasteiger partial charge < -0.3 is 9.47 Å². The zero-order chi connectivity index (χ0) is 24.2. The highest BCUT2D eigenvalue weighted by Crippen LogP contribution is 2.40. The summed E-state index contributed by atoms with van der Waals surface area (Å²) in [7, 11) is 1.51. The van der Waals surface area contributed by atoms with Gasteiger partial charge in [0.2, 0.25) is 0 Å². The minimum Gasteiger partial charge on any atom is -0.493 e. The van der Waals surface area contributed by atoms with Crippen molar-refractivity contribution < 1.29 is 19.1 Å². The molecule has 0 atom stereocenters. The molecule has 3 aromatic carbocycles. The van der Waals surface area contributed by atoms with E-state index >= 15 is 0 Å². The molecule has 4 rings (SSSR count). The minimum absolute atomic E-state index is 0.177. The van der Waals surface area contributed by atoms with Crippen molar-refractivity contribution in [2.24, 2.45) is 0 Å². The summed E-state index contributed by atoms with van der Waals surface area (Å²) in [4.78, 5) is 26.8. The first-order chi connectivity index (χ1) is 16.4. The fourth-order valence-corrected chi connectivity index (χ4v) is 4.93. The predicted molar refractivity (Wildman–Crippen MR) is 136 cm³/mol. The van der Waals surface area contributed by atoms with Crippen LogP contribution in [0.3, 0.4) is 0 Å². The number of nitrogens with zero attached hydrogens (tertiary/aromatic N) is 2. The number of thioether (sulfide) groups is 1. The number of ether oxygens (including phenoxy) is 2. The van der Waals surface area contributed by atoms with E-state index in [0.29, 0.717) is 37.8 Å². The van der Waals surface area contributed by atoms with Crippen LogP contribution >= 0.6 is 39.3 Å². The lowest BCUT2D eigenvalue weighted by atomic mass is 10.1. The van der Waals surface area contributed by atoms with Gasteiger partial charge in [0.15, 0.2) is 11.5 Å². The molecule has 1 aliphatic heterocycles. The molecule has 3 aromatic rings. The molecule has 0 radical (unpaired) electrons. The van der Waals surface area contributed by atoms with Crippen LogP contribution in [-0.4, -0.2) is 18.3 Å². The lowest BCUT2D eigenvalue weighted by Crippen LogP contribution is -2.27. The topological polar surface area (TPSA) is 79.6 Å². The Morgan fingerprint density at radius 3 is 2.68 bits per heavy atom. The standard InChI is InChI=1S/C25H16BrClN2O4S/c1-32-21-10-15(9-20(26)23(21)33-14-17-6-3-2-5-16(17)13-28)11-22-24(30)29(25(31)34-22)19-8-4-7-18(27)12-19/h2-12H,14H2,1H3/b22-11+. The van der Waals surface area contributed by atoms with Crippen molar-refractivity contribution in [3.05, 3.63) is 91.8 Å². The SMILES string of the molecule is COc1cc(/C=C2/SC(=O)N(c3cccc(Cl)c3)C2=O)cc(Br)c1OCc1ccccc1C#N. The van der Waals surface area contributed by atoms with E-state index in [1.807, 2.05) is 12.1 Å². The van der Waals surface area contributed by atoms with Gasteiger partial charge in [-0.25, -0.2) is 4.90 Å². The van der Waals surface area contributed by atoms with Crippen LogP contribution in [0.5, 0.6) is 11.5 Å². The number of anilines is 1. The number of benzene rings is 3. The molecule has 6 nitrogen and oxygen atoms in total. The lowest BCUT2D eigenvalue weighted by molar-refractivity contribution is -0.113. The Bertz CT molecular complexity index is 1370. The number of halogens is 2. The van der Waals surface area contributed by atoms with Crippen molar-refractivity contribution in [2.45, 2.75) is 6.61 Å². The number of nitriles is 1. The number of carbonyl (C=O) groups excluding carboxylic acids is 2. The smallest absolute Gasteiger partial charge is 0.298 e. The van der Waals surface area contributed by atoms with Gasteiger partial charge in [-0.2, -0.15) is 5.26 Å². The maximum atomic E-state index is 12.9. The average molecular weight is 556 g/mol. The van der Waals surface area contributed by atoms with Crippen LogP contribution in [0.25, 0.3) is 6.08 Å². The molecule has 0 aliphatic carbocycles. The quantitative estimate of drug-likeness (QED) is 0.311. The maximum Gasteiger partial charge on any atom is 0.298 e. The van der Waals surface area contributed by atoms with Gasteiger partial charge in [-0.05, 0) is 75.7 Å². The number of hydrogen-bond donors (Lipinski definition) is 0. The van der Waals surface area contributed by atoms with Crippen LogP contribution in [0.4, 0.5) is 10.5 Å². The number of carbonyl (C=O) groups is 2. The van der Waals surface area contributed by atoms with Crippen molar-refractivity contribution in [2.75, 3.05) is 12.0 Å². The van der Waals surface area contributed by atoms with Crippen LogP contribution in [0.2, 0.25) is 5.02 Å². The second kappa shape index (κ2) is 10.3. The number of imide groups is 1. The molecule has 9 heteroatoms. The Morgan fingerprint density at radius 1 is 1.15 bits per heavy atom. The number of amides is 2. The summed E-state index contributed by atoms with van der Waals surface area (Å²) in [5.41, 5.74) is 2.34. The zero-order valence-electron chi connectivity index (χ0n) is 17.7. The van der Waals surface area contributed by atoms with E-state index in [2.05, 4.69) is 22.0 Å². The van der Waals surface area contributed by atoms with Gasteiger partial charge in [-0.1, -0.05) is 35.9 Å². The monoisotopic (exact) mass is 554 g/mol. The third kappa shape index (κ3) is 4.97. The van der Waals surface area contributed by atoms with Crippen molar-refractivity contribution in [1.82, 2.24) is 0 Å². The van der Waals surface area contributed by atoms with Crippen LogP contribution in [-0.2, 0) is 11.4 Å². The van der Waals surface area contributed by atoms with E-state index in [9.17, 15) is 14.9 Å². The molecule has 0 saturated carbocycles. The molecule has 2 amide bonds. The third-order valence-electron chi connectivity index (χ3n) is 4.92. The van der Waals surface area contributed by atoms with E-state index in [-0.39, 0.29) is 11.5 Å². The molecule has 0 spiro atoms. The Labute approximate surface area is 213 Å². The minimum atomic E-state index is -0.430. The normalized spacial score (nSPS) is 14.4. The molecular formula is C25H16BrClN2O4S. The van der Waals surface area contributed by atoms with Gasteiger partial charge in [0.05, 0.1) is 33.8 Å². The molecule has 34 heavy (non-hydrogen) atoms. The lowest BCUT2D eigenvalue weighted by Gasteiger charge is -2.14. The Hall–Kier alpha value is -3.25. The van der Waals surface area contributed by atoms with Crippen LogP contribution in [0, 0.1) is 11.3 Å². The van der Waals surface area contributed by atoms with Gasteiger partial charge in [0.1, 0.15) is 6.61 Å². The fraction of sp³-hybridized carbons (Fsp3) is 0.0800. The number of hydrogen-bond acceptors (Lipinski definition) is 6. The third-order valence-corrected chi connectivity index (χ3v) is 6.61. The number of methoxy groups -OCH3 is 1. The fourth-order valence-electron chi connectivity index (χ4n) is 3.33. The summed E-state index contributed by atoms with van der Waals surface area (Å²) < 4.78 is 12.0. The number of rotatable bonds is 6. The van der Waals surface area contributed by atoms with Gasteiger partial charge in [-0.3, -0.25) is 9.59 Å². The van der Waals surface area contributed by atoms with Crippen LogP contribution in [0.15, 0.2) is 70.0 Å². The van der Waals surface area contributed by atoms with Crippen molar-refractivity contribution >= 4 is 62.2 Å². The molecule has 0 aromatic heterocycles. The molecule has 170 valence electrons. The highest BCUT2D eigenvalue weighted by molar-refractivity contribution is 9.10. The van der Waals surface area contributed by atoms with Gasteiger partial charge in [-0.15, -0.1) is 0 Å². The summed E-state index contributed by atoms with van der Waals surface area (Å²) in [5, 5.41) is 9.31. The Kier molecular flexibility index (Phi) is 7.27. The summed E-state index contributed by atoms with van der Waals surface area (Å²) in [5.74, 6) is 0.462. The summed E-state index contributed by atoms with van der Waals surface area (Å²) >= 11 is 10.4. The Balaban J connectivity index is 1.60. The first-order valence-corrected chi connectivity index (χ1v) is 11.9. The van der Waals surface area contributed by atoms with Crippen LogP contribution < -0.4 is 14.4 Å². The van der Waals surface area contributed by atoms with E-state index in [0.717, 1.165) is 22.2 Å². The van der Waals surface area contributed by atoms with Gasteiger partial charge in [0.25, 0.3) is 11.1 Å². The highest BCUT2D eigenvalue weighted by atomic mass is 79.9. The molecule has 1 heterocycles. The van der Waals surface area contributed by atoms with Crippen molar-refractivity contribution in [3.8, 4) is 17.6 Å². The molecule has 0 N–H and O–H groups in total. The van der Waals surface area contributed by atoms with E-state index in [4.69, 9.17) is 21.1 Å². The predicted octanol–water partition coefficient (Wildman–Crippen LogP) is 6.80. The van der Waals surface area contributed by atoms with Crippen molar-refractivity contribution in [3.63, 3.8) is 0 Å². The van der Waals surface area contributed by atoms with Gasteiger partial charge >= 0.3 is 0 Å². The van der Waals surface area contributed by atoms with Crippen LogP contribution in [0.1, 0.15) is 16.7 Å². The molecular weight excluding hydrogens is 540 g/mol. The van der Waals surface area contributed by atoms with Gasteiger partial charge in [0, 0.05) is 10.6 Å². The first kappa shape index (κ1) is 23.9. The average Bonchev–Trinajstić information content (AvgIpc) is 3.10. The van der Waals surface area contributed by atoms with E-state index < -0.39 is 11.1 Å². The van der Waals surface area contributed by atoms with E-state index in [1.165, 1.54) is 7.11 Å². The summed E-state index contributed by atoms with van der Waals surface area (Å²) in [6.07, 6.45) is 1.62.